The molecular weight excluding hydrogens is 384 g/mol. The molecule has 4 N–H and O–H groups in total. The summed E-state index contributed by atoms with van der Waals surface area (Å²) in [5.74, 6) is 6.13. The molecule has 8 heteroatoms. The van der Waals surface area contributed by atoms with Crippen molar-refractivity contribution in [2.45, 2.75) is 18.2 Å². The van der Waals surface area contributed by atoms with Gasteiger partial charge in [0.05, 0.1) is 24.5 Å². The van der Waals surface area contributed by atoms with Crippen LogP contribution < -0.4 is 10.5 Å². The lowest BCUT2D eigenvalue weighted by Gasteiger charge is -2.13. The molecule has 154 valence electrons. The first-order chi connectivity index (χ1) is 14.3. The fourth-order valence-electron chi connectivity index (χ4n) is 3.52. The fraction of sp³-hybridized carbons (Fsp3) is 0.273. The summed E-state index contributed by atoms with van der Waals surface area (Å²) in [6, 6.07) is 10.9. The quantitative estimate of drug-likeness (QED) is 0.440. The van der Waals surface area contributed by atoms with E-state index in [1.807, 2.05) is 24.3 Å². The Kier molecular flexibility index (Phi) is 4.95. The van der Waals surface area contributed by atoms with Crippen molar-refractivity contribution >= 4 is 11.4 Å². The van der Waals surface area contributed by atoms with E-state index < -0.39 is 11.8 Å². The van der Waals surface area contributed by atoms with Crippen LogP contribution in [0, 0.1) is 11.8 Å². The lowest BCUT2D eigenvalue weighted by atomic mass is 10.0. The molecule has 3 heterocycles. The Hall–Kier alpha value is -3.38. The van der Waals surface area contributed by atoms with E-state index in [-0.39, 0.29) is 18.2 Å². The molecule has 1 aliphatic heterocycles. The Balaban J connectivity index is 1.76. The lowest BCUT2D eigenvalue weighted by Crippen LogP contribution is -2.37. The van der Waals surface area contributed by atoms with Gasteiger partial charge in [-0.3, -0.25) is 14.9 Å². The number of amides is 1. The number of hydrogen-bond donors (Lipinski definition) is 3. The molecule has 1 amide bonds. The van der Waals surface area contributed by atoms with Gasteiger partial charge in [-0.25, -0.2) is 4.98 Å². The van der Waals surface area contributed by atoms with E-state index in [1.54, 1.807) is 36.9 Å². The Morgan fingerprint density at radius 2 is 2.13 bits per heavy atom. The Morgan fingerprint density at radius 1 is 1.33 bits per heavy atom. The molecule has 0 bridgehead atoms. The molecule has 0 radical (unpaired) electrons. The van der Waals surface area contributed by atoms with E-state index in [0.717, 1.165) is 11.1 Å². The highest BCUT2D eigenvalue weighted by Crippen LogP contribution is 2.29. The van der Waals surface area contributed by atoms with Gasteiger partial charge in [-0.1, -0.05) is 24.0 Å². The molecule has 4 rings (SSSR count). The average molecular weight is 406 g/mol. The van der Waals surface area contributed by atoms with Gasteiger partial charge in [-0.05, 0) is 24.3 Å². The first-order valence-corrected chi connectivity index (χ1v) is 9.43. The standard InChI is InChI=1S/C22H22N4O4/c1-25-11-10-22(29,21(25)28)9-8-14-4-3-5-15(12-14)18-17-7-6-16(30-2)13-26(17)20(24-18)19(23)27/h3-7,12-13,19,27,29H,10-11,23H2,1-2H3. The smallest absolute Gasteiger partial charge is 0.267 e. The number of carbonyl (C=O) groups is 1. The number of rotatable bonds is 3. The van der Waals surface area contributed by atoms with E-state index in [2.05, 4.69) is 16.8 Å². The van der Waals surface area contributed by atoms with E-state index in [9.17, 15) is 15.0 Å². The minimum atomic E-state index is -1.65. The van der Waals surface area contributed by atoms with Crippen molar-refractivity contribution in [2.75, 3.05) is 20.7 Å². The number of hydrogen-bond acceptors (Lipinski definition) is 6. The van der Waals surface area contributed by atoms with Crippen molar-refractivity contribution in [3.05, 3.63) is 54.0 Å². The van der Waals surface area contributed by atoms with Crippen LogP contribution >= 0.6 is 0 Å². The molecule has 0 saturated carbocycles. The van der Waals surface area contributed by atoms with Gasteiger partial charge in [0.1, 0.15) is 5.75 Å². The molecule has 3 aromatic rings. The Bertz CT molecular complexity index is 1190. The van der Waals surface area contributed by atoms with Gasteiger partial charge in [0, 0.05) is 31.1 Å². The summed E-state index contributed by atoms with van der Waals surface area (Å²) >= 11 is 0. The van der Waals surface area contributed by atoms with Crippen LogP contribution in [0.1, 0.15) is 24.0 Å². The molecule has 1 aliphatic rings. The first kappa shape index (κ1) is 19.9. The van der Waals surface area contributed by atoms with E-state index in [0.29, 0.717) is 23.6 Å². The monoisotopic (exact) mass is 406 g/mol. The molecule has 1 fully saturated rings. The summed E-state index contributed by atoms with van der Waals surface area (Å²) in [6.07, 6.45) is 0.722. The van der Waals surface area contributed by atoms with Gasteiger partial charge in [0.25, 0.3) is 5.91 Å². The zero-order valence-corrected chi connectivity index (χ0v) is 16.7. The van der Waals surface area contributed by atoms with Crippen LogP contribution in [0.15, 0.2) is 42.6 Å². The third-order valence-corrected chi connectivity index (χ3v) is 5.20. The molecule has 2 atom stereocenters. The number of imidazole rings is 1. The van der Waals surface area contributed by atoms with Crippen LogP contribution in [0.2, 0.25) is 0 Å². The molecular formula is C22H22N4O4. The van der Waals surface area contributed by atoms with E-state index in [1.165, 1.54) is 4.90 Å². The number of nitrogens with two attached hydrogens (primary N) is 1. The van der Waals surface area contributed by atoms with Crippen LogP contribution in [0.5, 0.6) is 5.75 Å². The number of methoxy groups -OCH3 is 1. The van der Waals surface area contributed by atoms with Gasteiger partial charge in [0.2, 0.25) is 5.60 Å². The molecule has 30 heavy (non-hydrogen) atoms. The van der Waals surface area contributed by atoms with Crippen molar-refractivity contribution in [1.29, 1.82) is 0 Å². The zero-order chi connectivity index (χ0) is 21.5. The van der Waals surface area contributed by atoms with Crippen molar-refractivity contribution < 1.29 is 19.7 Å². The maximum atomic E-state index is 12.1. The predicted molar refractivity (Wildman–Crippen MR) is 110 cm³/mol. The number of aliphatic hydroxyl groups excluding tert-OH is 1. The summed E-state index contributed by atoms with van der Waals surface area (Å²) in [7, 11) is 3.20. The summed E-state index contributed by atoms with van der Waals surface area (Å²) in [4.78, 5) is 18.1. The number of likely N-dealkylation sites (tertiary alicyclic amines) is 1. The van der Waals surface area contributed by atoms with Gasteiger partial charge < -0.3 is 19.8 Å². The molecule has 1 aromatic carbocycles. The maximum Gasteiger partial charge on any atom is 0.267 e. The Labute approximate surface area is 173 Å². The number of benzene rings is 1. The second kappa shape index (κ2) is 7.46. The highest BCUT2D eigenvalue weighted by Gasteiger charge is 2.42. The first-order valence-electron chi connectivity index (χ1n) is 9.43. The minimum Gasteiger partial charge on any atom is -0.495 e. The van der Waals surface area contributed by atoms with Crippen LogP contribution in [0.4, 0.5) is 0 Å². The molecule has 1 saturated heterocycles. The van der Waals surface area contributed by atoms with Crippen LogP contribution in [-0.2, 0) is 4.79 Å². The SMILES string of the molecule is COc1ccc2c(-c3cccc(C#CC4(O)CCN(C)C4=O)c3)nc(C(N)O)n2c1. The number of pyridine rings is 1. The van der Waals surface area contributed by atoms with Crippen molar-refractivity contribution in [2.24, 2.45) is 5.73 Å². The lowest BCUT2D eigenvalue weighted by molar-refractivity contribution is -0.137. The maximum absolute atomic E-state index is 12.1. The number of fused-ring (bicyclic) bond motifs is 1. The Morgan fingerprint density at radius 3 is 2.80 bits per heavy atom. The number of aliphatic hydroxyl groups is 2. The molecule has 8 nitrogen and oxygen atoms in total. The zero-order valence-electron chi connectivity index (χ0n) is 16.7. The van der Waals surface area contributed by atoms with Gasteiger partial charge >= 0.3 is 0 Å². The number of ether oxygens (including phenoxy) is 1. The largest absolute Gasteiger partial charge is 0.495 e. The average Bonchev–Trinajstić information content (AvgIpc) is 3.26. The predicted octanol–water partition coefficient (Wildman–Crippen LogP) is 0.904. The van der Waals surface area contributed by atoms with Crippen LogP contribution in [0.3, 0.4) is 0 Å². The molecule has 0 spiro atoms. The van der Waals surface area contributed by atoms with Crippen LogP contribution in [0.25, 0.3) is 16.8 Å². The topological polar surface area (TPSA) is 113 Å². The molecule has 2 aromatic heterocycles. The third kappa shape index (κ3) is 3.39. The molecule has 2 unspecified atom stereocenters. The number of nitrogens with zero attached hydrogens (tertiary/aromatic N) is 3. The van der Waals surface area contributed by atoms with E-state index in [4.69, 9.17) is 10.5 Å². The van der Waals surface area contributed by atoms with Gasteiger partial charge in [-0.15, -0.1) is 0 Å². The summed E-state index contributed by atoms with van der Waals surface area (Å²) in [5, 5.41) is 20.4. The van der Waals surface area contributed by atoms with Crippen LogP contribution in [-0.4, -0.2) is 56.7 Å². The highest BCUT2D eigenvalue weighted by molar-refractivity contribution is 5.90. The minimum absolute atomic E-state index is 0.278. The number of likely N-dealkylation sites (N-methyl/N-ethyl adjacent to an activating group) is 1. The molecule has 0 aliphatic carbocycles. The van der Waals surface area contributed by atoms with E-state index >= 15 is 0 Å². The van der Waals surface area contributed by atoms with Gasteiger partial charge in [-0.2, -0.15) is 0 Å². The van der Waals surface area contributed by atoms with Crippen molar-refractivity contribution in [3.63, 3.8) is 0 Å². The second-order valence-electron chi connectivity index (χ2n) is 7.26. The summed E-state index contributed by atoms with van der Waals surface area (Å²) in [5.41, 5.74) is 6.80. The van der Waals surface area contributed by atoms with Crippen molar-refractivity contribution in [3.8, 4) is 28.8 Å². The summed E-state index contributed by atoms with van der Waals surface area (Å²) in [6.45, 7) is 0.471. The normalized spacial score (nSPS) is 19.6. The number of aromatic nitrogens is 2. The third-order valence-electron chi connectivity index (χ3n) is 5.20. The summed E-state index contributed by atoms with van der Waals surface area (Å²) < 4.78 is 6.94. The fourth-order valence-corrected chi connectivity index (χ4v) is 3.52. The van der Waals surface area contributed by atoms with Gasteiger partial charge in [0.15, 0.2) is 12.1 Å². The highest BCUT2D eigenvalue weighted by atomic mass is 16.5. The van der Waals surface area contributed by atoms with Crippen molar-refractivity contribution in [1.82, 2.24) is 14.3 Å². The number of carbonyl (C=O) groups excluding carboxylic acids is 1. The second-order valence-corrected chi connectivity index (χ2v) is 7.26.